The molecule has 1 N–H and O–H groups in total. The molecular weight excluding hydrogens is 372 g/mol. The predicted octanol–water partition coefficient (Wildman–Crippen LogP) is 5.24. The van der Waals surface area contributed by atoms with Crippen LogP contribution in [-0.4, -0.2) is 23.0 Å². The van der Waals surface area contributed by atoms with E-state index in [-0.39, 0.29) is 12.0 Å². The number of carbonyl (C=O) groups excluding carboxylic acids is 2. The summed E-state index contributed by atoms with van der Waals surface area (Å²) < 4.78 is 5.45. The van der Waals surface area contributed by atoms with E-state index >= 15 is 0 Å². The van der Waals surface area contributed by atoms with E-state index in [1.807, 2.05) is 31.4 Å². The number of hydrogen-bond acceptors (Lipinski definition) is 5. The molecule has 2 aromatic heterocycles. The summed E-state index contributed by atoms with van der Waals surface area (Å²) in [5.41, 5.74) is 4.77. The molecule has 1 aromatic carbocycles. The molecule has 0 saturated carbocycles. The van der Waals surface area contributed by atoms with E-state index in [2.05, 4.69) is 16.4 Å². The van der Waals surface area contributed by atoms with Crippen LogP contribution in [0.5, 0.6) is 0 Å². The molecule has 1 amide bonds. The van der Waals surface area contributed by atoms with Crippen LogP contribution in [0.3, 0.4) is 0 Å². The highest BCUT2D eigenvalue weighted by Gasteiger charge is 2.24. The van der Waals surface area contributed by atoms with Gasteiger partial charge in [0.1, 0.15) is 10.6 Å². The number of aromatic nitrogens is 1. The summed E-state index contributed by atoms with van der Waals surface area (Å²) >= 11 is 1.31. The number of hydrogen-bond donors (Lipinski definition) is 1. The molecule has 0 bridgehead atoms. The Balaban J connectivity index is 2.04. The van der Waals surface area contributed by atoms with Gasteiger partial charge in [-0.1, -0.05) is 23.8 Å². The van der Waals surface area contributed by atoms with Gasteiger partial charge in [-0.3, -0.25) is 9.78 Å². The average Bonchev–Trinajstić information content (AvgIpc) is 3.05. The molecule has 0 fully saturated rings. The first-order chi connectivity index (χ1) is 13.4. The maximum Gasteiger partial charge on any atom is 0.342 e. The van der Waals surface area contributed by atoms with Crippen LogP contribution in [-0.2, 0) is 4.74 Å². The highest BCUT2D eigenvalue weighted by Crippen LogP contribution is 2.38. The van der Waals surface area contributed by atoms with Gasteiger partial charge in [-0.05, 0) is 51.0 Å². The fraction of sp³-hybridized carbons (Fsp3) is 0.227. The van der Waals surface area contributed by atoms with Crippen molar-refractivity contribution in [1.82, 2.24) is 4.98 Å². The molecule has 2 heterocycles. The molecule has 6 heteroatoms. The molecule has 3 aromatic rings. The number of anilines is 1. The van der Waals surface area contributed by atoms with Gasteiger partial charge in [0, 0.05) is 28.9 Å². The Kier molecular flexibility index (Phi) is 5.90. The minimum absolute atomic E-state index is 0.261. The van der Waals surface area contributed by atoms with E-state index in [1.165, 1.54) is 11.3 Å². The average molecular weight is 394 g/mol. The lowest BCUT2D eigenvalue weighted by Gasteiger charge is -2.13. The van der Waals surface area contributed by atoms with E-state index in [0.717, 1.165) is 22.3 Å². The number of rotatable bonds is 5. The molecular formula is C22H22N2O3S. The summed E-state index contributed by atoms with van der Waals surface area (Å²) in [4.78, 5) is 29.4. The molecule has 0 atom stereocenters. The van der Waals surface area contributed by atoms with Gasteiger partial charge in [0.2, 0.25) is 0 Å². The molecule has 0 aliphatic carbocycles. The highest BCUT2D eigenvalue weighted by molar-refractivity contribution is 7.15. The lowest BCUT2D eigenvalue weighted by atomic mass is 9.97. The Hall–Kier alpha value is -2.99. The van der Waals surface area contributed by atoms with Crippen LogP contribution in [0.1, 0.15) is 45.7 Å². The second-order valence-corrected chi connectivity index (χ2v) is 7.70. The molecule has 0 unspecified atom stereocenters. The molecule has 144 valence electrons. The standard InChI is InChI=1S/C22H22N2O3S/c1-13(2)27-22(26)19-18(17-6-5-14(3)11-15(17)4)12-28-21(19)24-20(25)16-7-9-23-10-8-16/h5-13H,1-4H3,(H,24,25). The van der Waals surface area contributed by atoms with Crippen molar-refractivity contribution in [3.63, 3.8) is 0 Å². The van der Waals surface area contributed by atoms with Crippen molar-refractivity contribution in [3.8, 4) is 11.1 Å². The third-order valence-corrected chi connectivity index (χ3v) is 5.07. The van der Waals surface area contributed by atoms with Gasteiger partial charge in [-0.15, -0.1) is 11.3 Å². The van der Waals surface area contributed by atoms with Gasteiger partial charge in [-0.2, -0.15) is 0 Å². The fourth-order valence-corrected chi connectivity index (χ4v) is 3.86. The topological polar surface area (TPSA) is 68.3 Å². The van der Waals surface area contributed by atoms with Gasteiger partial charge in [0.15, 0.2) is 0 Å². The number of benzene rings is 1. The second kappa shape index (κ2) is 8.35. The second-order valence-electron chi connectivity index (χ2n) is 6.82. The number of nitrogens with one attached hydrogen (secondary N) is 1. The number of nitrogens with zero attached hydrogens (tertiary/aromatic N) is 1. The number of aryl methyl sites for hydroxylation is 2. The molecule has 28 heavy (non-hydrogen) atoms. The molecule has 0 saturated heterocycles. The Labute approximate surface area is 168 Å². The zero-order valence-corrected chi connectivity index (χ0v) is 17.1. The third kappa shape index (κ3) is 4.28. The van der Waals surface area contributed by atoms with E-state index in [1.54, 1.807) is 38.4 Å². The zero-order chi connectivity index (χ0) is 20.3. The van der Waals surface area contributed by atoms with Crippen molar-refractivity contribution >= 4 is 28.2 Å². The lowest BCUT2D eigenvalue weighted by Crippen LogP contribution is -2.16. The van der Waals surface area contributed by atoms with Crippen LogP contribution < -0.4 is 5.32 Å². The first-order valence-corrected chi connectivity index (χ1v) is 9.86. The fourth-order valence-electron chi connectivity index (χ4n) is 2.92. The molecule has 0 spiro atoms. The van der Waals surface area contributed by atoms with E-state index in [9.17, 15) is 9.59 Å². The SMILES string of the molecule is Cc1ccc(-c2csc(NC(=O)c3ccncc3)c2C(=O)OC(C)C)c(C)c1. The molecule has 0 aliphatic heterocycles. The van der Waals surface area contributed by atoms with Crippen molar-refractivity contribution in [1.29, 1.82) is 0 Å². The minimum Gasteiger partial charge on any atom is -0.459 e. The van der Waals surface area contributed by atoms with Crippen LogP contribution in [0, 0.1) is 13.8 Å². The third-order valence-electron chi connectivity index (χ3n) is 4.18. The Morgan fingerprint density at radius 3 is 2.43 bits per heavy atom. The quantitative estimate of drug-likeness (QED) is 0.601. The largest absolute Gasteiger partial charge is 0.459 e. The van der Waals surface area contributed by atoms with E-state index in [0.29, 0.717) is 16.1 Å². The number of thiophene rings is 1. The lowest BCUT2D eigenvalue weighted by molar-refractivity contribution is 0.0380. The van der Waals surface area contributed by atoms with Crippen LogP contribution in [0.4, 0.5) is 5.00 Å². The van der Waals surface area contributed by atoms with Crippen molar-refractivity contribution in [2.45, 2.75) is 33.8 Å². The van der Waals surface area contributed by atoms with Crippen molar-refractivity contribution < 1.29 is 14.3 Å². The molecule has 5 nitrogen and oxygen atoms in total. The maximum absolute atomic E-state index is 12.9. The first kappa shape index (κ1) is 19.8. The van der Waals surface area contributed by atoms with E-state index < -0.39 is 5.97 Å². The number of amides is 1. The van der Waals surface area contributed by atoms with Crippen molar-refractivity contribution in [2.24, 2.45) is 0 Å². The molecule has 0 aliphatic rings. The van der Waals surface area contributed by atoms with Gasteiger partial charge < -0.3 is 10.1 Å². The van der Waals surface area contributed by atoms with Crippen LogP contribution in [0.25, 0.3) is 11.1 Å². The minimum atomic E-state index is -0.448. The Bertz CT molecular complexity index is 1010. The van der Waals surface area contributed by atoms with Gasteiger partial charge in [-0.25, -0.2) is 4.79 Å². The summed E-state index contributed by atoms with van der Waals surface area (Å²) in [7, 11) is 0. The van der Waals surface area contributed by atoms with Crippen molar-refractivity contribution in [3.05, 3.63) is 70.4 Å². The number of esters is 1. The predicted molar refractivity (Wildman–Crippen MR) is 112 cm³/mol. The Morgan fingerprint density at radius 1 is 1.07 bits per heavy atom. The maximum atomic E-state index is 12.9. The van der Waals surface area contributed by atoms with Crippen LogP contribution in [0.2, 0.25) is 0 Å². The summed E-state index contributed by atoms with van der Waals surface area (Å²) in [5.74, 6) is -0.744. The van der Waals surface area contributed by atoms with E-state index in [4.69, 9.17) is 4.74 Å². The highest BCUT2D eigenvalue weighted by atomic mass is 32.1. The number of carbonyl (C=O) groups is 2. The smallest absolute Gasteiger partial charge is 0.342 e. The van der Waals surface area contributed by atoms with Crippen LogP contribution >= 0.6 is 11.3 Å². The van der Waals surface area contributed by atoms with Gasteiger partial charge >= 0.3 is 5.97 Å². The van der Waals surface area contributed by atoms with Gasteiger partial charge in [0.25, 0.3) is 5.91 Å². The monoisotopic (exact) mass is 394 g/mol. The summed E-state index contributed by atoms with van der Waals surface area (Å²) in [6.45, 7) is 7.64. The van der Waals surface area contributed by atoms with Crippen LogP contribution in [0.15, 0.2) is 48.1 Å². The Morgan fingerprint density at radius 2 is 1.79 bits per heavy atom. The number of pyridine rings is 1. The first-order valence-electron chi connectivity index (χ1n) is 8.98. The molecule has 3 rings (SSSR count). The zero-order valence-electron chi connectivity index (χ0n) is 16.3. The summed E-state index contributed by atoms with van der Waals surface area (Å²) in [6.07, 6.45) is 2.85. The normalized spacial score (nSPS) is 10.8. The summed E-state index contributed by atoms with van der Waals surface area (Å²) in [6, 6.07) is 9.32. The summed E-state index contributed by atoms with van der Waals surface area (Å²) in [5, 5.41) is 5.21. The molecule has 0 radical (unpaired) electrons. The van der Waals surface area contributed by atoms with Crippen molar-refractivity contribution in [2.75, 3.05) is 5.32 Å². The van der Waals surface area contributed by atoms with Gasteiger partial charge in [0.05, 0.1) is 6.10 Å². The number of ether oxygens (including phenoxy) is 1.